The summed E-state index contributed by atoms with van der Waals surface area (Å²) in [5.74, 6) is -0.679. The van der Waals surface area contributed by atoms with Gasteiger partial charge in [0.1, 0.15) is 18.5 Å². The van der Waals surface area contributed by atoms with Gasteiger partial charge in [-0.1, -0.05) is 109 Å². The Kier molecular flexibility index (Phi) is 8.20. The van der Waals surface area contributed by atoms with Crippen LogP contribution in [0, 0.1) is 5.82 Å². The van der Waals surface area contributed by atoms with Gasteiger partial charge in [-0.05, 0) is 28.3 Å². The number of ether oxygens (including phenoxy) is 1. The molecule has 0 aliphatic carbocycles. The summed E-state index contributed by atoms with van der Waals surface area (Å²) in [7, 11) is 0. The van der Waals surface area contributed by atoms with Crippen molar-refractivity contribution < 1.29 is 13.9 Å². The second kappa shape index (κ2) is 11.9. The third-order valence-electron chi connectivity index (χ3n) is 5.76. The van der Waals surface area contributed by atoms with Gasteiger partial charge < -0.3 is 4.74 Å². The molecule has 0 fully saturated rings. The van der Waals surface area contributed by atoms with Crippen LogP contribution in [-0.2, 0) is 35.6 Å². The Morgan fingerprint density at radius 3 is 1.68 bits per heavy atom. The first kappa shape index (κ1) is 23.4. The number of benzene rings is 4. The van der Waals surface area contributed by atoms with Crippen molar-refractivity contribution in [3.8, 4) is 0 Å². The molecule has 4 aromatic rings. The second-order valence-electron chi connectivity index (χ2n) is 8.28. The van der Waals surface area contributed by atoms with E-state index >= 15 is 0 Å². The number of hydrogen-bond donors (Lipinski definition) is 0. The molecule has 0 aliphatic heterocycles. The van der Waals surface area contributed by atoms with E-state index in [-0.39, 0.29) is 24.8 Å². The summed E-state index contributed by atoms with van der Waals surface area (Å²) in [5, 5.41) is 0. The minimum absolute atomic E-state index is 0.179. The number of carbonyl (C=O) groups is 1. The van der Waals surface area contributed by atoms with Crippen LogP contribution < -0.4 is 0 Å². The lowest BCUT2D eigenvalue weighted by Crippen LogP contribution is -2.43. The number of hydrogen-bond acceptors (Lipinski definition) is 3. The molecule has 4 rings (SSSR count). The number of halogens is 1. The summed E-state index contributed by atoms with van der Waals surface area (Å²) in [5.41, 5.74) is 3.56. The molecule has 172 valence electrons. The molecule has 4 aromatic carbocycles. The highest BCUT2D eigenvalue weighted by Gasteiger charge is 2.29. The van der Waals surface area contributed by atoms with Gasteiger partial charge >= 0.3 is 5.97 Å². The second-order valence-corrected chi connectivity index (χ2v) is 8.28. The molecule has 4 heteroatoms. The minimum Gasteiger partial charge on any atom is -0.460 e. The molecule has 0 bridgehead atoms. The van der Waals surface area contributed by atoms with Crippen molar-refractivity contribution in [1.29, 1.82) is 0 Å². The lowest BCUT2D eigenvalue weighted by Gasteiger charge is -2.31. The zero-order valence-corrected chi connectivity index (χ0v) is 19.0. The van der Waals surface area contributed by atoms with E-state index in [4.69, 9.17) is 4.74 Å². The summed E-state index contributed by atoms with van der Waals surface area (Å²) in [6, 6.07) is 35.6. The lowest BCUT2D eigenvalue weighted by atomic mass is 10.0. The summed E-state index contributed by atoms with van der Waals surface area (Å²) in [6.45, 7) is 1.25. The highest BCUT2D eigenvalue weighted by molar-refractivity contribution is 5.76. The van der Waals surface area contributed by atoms with Crippen molar-refractivity contribution in [2.75, 3.05) is 0 Å². The molecule has 0 spiro atoms. The molecule has 0 N–H and O–H groups in total. The Hall–Kier alpha value is -3.76. The van der Waals surface area contributed by atoms with Crippen LogP contribution in [0.15, 0.2) is 115 Å². The largest absolute Gasteiger partial charge is 0.460 e. The monoisotopic (exact) mass is 453 g/mol. The molecular weight excluding hydrogens is 425 g/mol. The van der Waals surface area contributed by atoms with Crippen molar-refractivity contribution in [2.45, 2.75) is 32.2 Å². The molecule has 1 atom stereocenters. The quantitative estimate of drug-likeness (QED) is 0.269. The van der Waals surface area contributed by atoms with E-state index in [0.717, 1.165) is 16.7 Å². The molecular formula is C30H28FNO2. The van der Waals surface area contributed by atoms with Gasteiger partial charge in [0.05, 0.1) is 0 Å². The van der Waals surface area contributed by atoms with Gasteiger partial charge in [0.2, 0.25) is 0 Å². The Morgan fingerprint density at radius 2 is 1.15 bits per heavy atom. The van der Waals surface area contributed by atoms with Crippen LogP contribution in [-0.4, -0.2) is 16.9 Å². The van der Waals surface area contributed by atoms with Gasteiger partial charge in [0.25, 0.3) is 0 Å². The third-order valence-corrected chi connectivity index (χ3v) is 5.76. The fourth-order valence-corrected chi connectivity index (χ4v) is 3.97. The van der Waals surface area contributed by atoms with Crippen LogP contribution >= 0.6 is 0 Å². The zero-order chi connectivity index (χ0) is 23.6. The fraction of sp³-hybridized carbons (Fsp3) is 0.167. The summed E-state index contributed by atoms with van der Waals surface area (Å²) in [4.78, 5) is 15.5. The number of esters is 1. The van der Waals surface area contributed by atoms with Crippen molar-refractivity contribution in [3.05, 3.63) is 143 Å². The fourth-order valence-electron chi connectivity index (χ4n) is 3.97. The normalized spacial score (nSPS) is 11.8. The Bertz CT molecular complexity index is 1120. The maximum atomic E-state index is 14.6. The first-order chi connectivity index (χ1) is 16.7. The van der Waals surface area contributed by atoms with Crippen molar-refractivity contribution in [1.82, 2.24) is 4.90 Å². The lowest BCUT2D eigenvalue weighted by molar-refractivity contribution is -0.152. The van der Waals surface area contributed by atoms with Gasteiger partial charge in [-0.15, -0.1) is 0 Å². The highest BCUT2D eigenvalue weighted by atomic mass is 19.1. The van der Waals surface area contributed by atoms with Gasteiger partial charge in [0.15, 0.2) is 0 Å². The summed E-state index contributed by atoms with van der Waals surface area (Å²) >= 11 is 0. The van der Waals surface area contributed by atoms with Crippen molar-refractivity contribution in [2.24, 2.45) is 0 Å². The molecule has 0 radical (unpaired) electrons. The predicted molar refractivity (Wildman–Crippen MR) is 132 cm³/mol. The zero-order valence-electron chi connectivity index (χ0n) is 19.0. The molecule has 0 heterocycles. The third kappa shape index (κ3) is 6.63. The molecule has 0 saturated carbocycles. The standard InChI is InChI=1S/C30H28FNO2/c31-28-19-11-10-18-27(28)20-29(30(33)34-23-26-16-8-3-9-17-26)32(21-24-12-4-1-5-13-24)22-25-14-6-2-7-15-25/h1-19,29H,20-23H2/t29-/m0/s1. The molecule has 0 unspecified atom stereocenters. The molecule has 34 heavy (non-hydrogen) atoms. The van der Waals surface area contributed by atoms with Crippen LogP contribution in [0.3, 0.4) is 0 Å². The Morgan fingerprint density at radius 1 is 0.676 bits per heavy atom. The average molecular weight is 454 g/mol. The first-order valence-electron chi connectivity index (χ1n) is 11.4. The maximum absolute atomic E-state index is 14.6. The molecule has 0 aromatic heterocycles. The Balaban J connectivity index is 1.63. The van der Waals surface area contributed by atoms with Crippen molar-refractivity contribution >= 4 is 5.97 Å². The van der Waals surface area contributed by atoms with Crippen molar-refractivity contribution in [3.63, 3.8) is 0 Å². The summed E-state index contributed by atoms with van der Waals surface area (Å²) < 4.78 is 20.4. The predicted octanol–water partition coefficient (Wildman–Crippen LogP) is 6.18. The van der Waals surface area contributed by atoms with E-state index in [1.54, 1.807) is 18.2 Å². The van der Waals surface area contributed by atoms with E-state index in [2.05, 4.69) is 4.90 Å². The first-order valence-corrected chi connectivity index (χ1v) is 11.4. The van der Waals surface area contributed by atoms with E-state index in [9.17, 15) is 9.18 Å². The van der Waals surface area contributed by atoms with Crippen LogP contribution in [0.2, 0.25) is 0 Å². The van der Waals surface area contributed by atoms with Gasteiger partial charge in [-0.2, -0.15) is 0 Å². The Labute approximate surface area is 200 Å². The van der Waals surface area contributed by atoms with E-state index in [0.29, 0.717) is 18.7 Å². The molecule has 0 aliphatic rings. The van der Waals surface area contributed by atoms with Crippen LogP contribution in [0.4, 0.5) is 4.39 Å². The molecule has 0 saturated heterocycles. The van der Waals surface area contributed by atoms with E-state index < -0.39 is 6.04 Å². The number of nitrogens with zero attached hydrogens (tertiary/aromatic N) is 1. The summed E-state index contributed by atoms with van der Waals surface area (Å²) in [6.07, 6.45) is 0.222. The maximum Gasteiger partial charge on any atom is 0.324 e. The average Bonchev–Trinajstić information content (AvgIpc) is 2.88. The van der Waals surface area contributed by atoms with Gasteiger partial charge in [-0.3, -0.25) is 9.69 Å². The smallest absolute Gasteiger partial charge is 0.324 e. The number of rotatable bonds is 10. The van der Waals surface area contributed by atoms with E-state index in [1.807, 2.05) is 91.0 Å². The van der Waals surface area contributed by atoms with Crippen LogP contribution in [0.25, 0.3) is 0 Å². The van der Waals surface area contributed by atoms with Gasteiger partial charge in [0, 0.05) is 19.5 Å². The van der Waals surface area contributed by atoms with E-state index in [1.165, 1.54) is 6.07 Å². The SMILES string of the molecule is O=C(OCc1ccccc1)[C@H](Cc1ccccc1F)N(Cc1ccccc1)Cc1ccccc1. The van der Waals surface area contributed by atoms with Gasteiger partial charge in [-0.25, -0.2) is 4.39 Å². The molecule has 3 nitrogen and oxygen atoms in total. The van der Waals surface area contributed by atoms with Crippen LogP contribution in [0.5, 0.6) is 0 Å². The molecule has 0 amide bonds. The number of carbonyl (C=O) groups excluding carboxylic acids is 1. The minimum atomic E-state index is -0.652. The topological polar surface area (TPSA) is 29.5 Å². The highest BCUT2D eigenvalue weighted by Crippen LogP contribution is 2.20. The van der Waals surface area contributed by atoms with Crippen LogP contribution in [0.1, 0.15) is 22.3 Å².